The molecule has 0 radical (unpaired) electrons. The molecule has 1 aromatic carbocycles. The number of nitrogens with zero attached hydrogens (tertiary/aromatic N) is 2. The summed E-state index contributed by atoms with van der Waals surface area (Å²) in [6.07, 6.45) is 1.56. The van der Waals surface area contributed by atoms with E-state index in [2.05, 4.69) is 0 Å². The Kier molecular flexibility index (Phi) is 4.66. The van der Waals surface area contributed by atoms with E-state index in [1.54, 1.807) is 4.90 Å². The molecular weight excluding hydrogens is 303 g/mol. The van der Waals surface area contributed by atoms with Crippen molar-refractivity contribution in [3.05, 3.63) is 35.6 Å². The molecule has 4 nitrogen and oxygen atoms in total. The molecule has 22 heavy (non-hydrogen) atoms. The van der Waals surface area contributed by atoms with Gasteiger partial charge in [0.05, 0.1) is 0 Å². The predicted molar refractivity (Wildman–Crippen MR) is 84.4 cm³/mol. The topological polar surface area (TPSA) is 40.6 Å². The van der Waals surface area contributed by atoms with E-state index >= 15 is 0 Å². The third-order valence-electron chi connectivity index (χ3n) is 4.21. The van der Waals surface area contributed by atoms with Crippen LogP contribution in [0.2, 0.25) is 0 Å². The predicted octanol–water partition coefficient (Wildman–Crippen LogP) is 2.01. The standard InChI is InChI=1S/C16H19FN2O2S/c17-13-5-3-12(4-6-13)15(20)19-7-1-2-14(19)16(21)18-8-10-22-11-9-18/h3-6,14H,1-2,7-11H2/t14-/m0/s1. The zero-order valence-electron chi connectivity index (χ0n) is 12.3. The van der Waals surface area contributed by atoms with Crippen LogP contribution in [-0.4, -0.2) is 58.8 Å². The molecule has 2 saturated heterocycles. The third-order valence-corrected chi connectivity index (χ3v) is 5.16. The molecule has 3 rings (SSSR count). The summed E-state index contributed by atoms with van der Waals surface area (Å²) in [6, 6.07) is 5.16. The first-order chi connectivity index (χ1) is 10.7. The molecule has 2 aliphatic rings. The molecule has 2 fully saturated rings. The van der Waals surface area contributed by atoms with E-state index in [9.17, 15) is 14.0 Å². The highest BCUT2D eigenvalue weighted by Crippen LogP contribution is 2.23. The lowest BCUT2D eigenvalue weighted by Gasteiger charge is -2.32. The molecule has 6 heteroatoms. The normalized spacial score (nSPS) is 22.0. The maximum Gasteiger partial charge on any atom is 0.254 e. The van der Waals surface area contributed by atoms with E-state index in [0.717, 1.165) is 37.4 Å². The van der Waals surface area contributed by atoms with Crippen molar-refractivity contribution < 1.29 is 14.0 Å². The summed E-state index contributed by atoms with van der Waals surface area (Å²) >= 11 is 1.85. The molecule has 2 amide bonds. The lowest BCUT2D eigenvalue weighted by atomic mass is 10.1. The van der Waals surface area contributed by atoms with Crippen LogP contribution < -0.4 is 0 Å². The van der Waals surface area contributed by atoms with Gasteiger partial charge in [-0.15, -0.1) is 0 Å². The molecule has 0 saturated carbocycles. The maximum absolute atomic E-state index is 13.0. The number of carbonyl (C=O) groups excluding carboxylic acids is 2. The summed E-state index contributed by atoms with van der Waals surface area (Å²) in [5, 5.41) is 0. The lowest BCUT2D eigenvalue weighted by Crippen LogP contribution is -2.50. The molecular formula is C16H19FN2O2S. The molecule has 0 aliphatic carbocycles. The van der Waals surface area contributed by atoms with Gasteiger partial charge in [0.15, 0.2) is 0 Å². The van der Waals surface area contributed by atoms with E-state index in [4.69, 9.17) is 0 Å². The van der Waals surface area contributed by atoms with Crippen LogP contribution in [0.1, 0.15) is 23.2 Å². The van der Waals surface area contributed by atoms with Gasteiger partial charge in [0, 0.05) is 36.7 Å². The third kappa shape index (κ3) is 3.11. The number of carbonyl (C=O) groups is 2. The smallest absolute Gasteiger partial charge is 0.254 e. The minimum Gasteiger partial charge on any atom is -0.339 e. The molecule has 1 atom stereocenters. The Balaban J connectivity index is 1.73. The Hall–Kier alpha value is -1.56. The summed E-state index contributed by atoms with van der Waals surface area (Å²) in [7, 11) is 0. The van der Waals surface area contributed by atoms with Gasteiger partial charge >= 0.3 is 0 Å². The fourth-order valence-electron chi connectivity index (χ4n) is 3.02. The van der Waals surface area contributed by atoms with Crippen molar-refractivity contribution in [1.29, 1.82) is 0 Å². The van der Waals surface area contributed by atoms with Crippen LogP contribution in [0.4, 0.5) is 4.39 Å². The first kappa shape index (κ1) is 15.3. The van der Waals surface area contributed by atoms with Crippen molar-refractivity contribution in [1.82, 2.24) is 9.80 Å². The molecule has 0 unspecified atom stereocenters. The average Bonchev–Trinajstić information content (AvgIpc) is 3.04. The van der Waals surface area contributed by atoms with Crippen LogP contribution in [-0.2, 0) is 4.79 Å². The summed E-state index contributed by atoms with van der Waals surface area (Å²) in [5.74, 6) is 1.45. The summed E-state index contributed by atoms with van der Waals surface area (Å²) in [6.45, 7) is 2.12. The highest BCUT2D eigenvalue weighted by atomic mass is 32.2. The zero-order chi connectivity index (χ0) is 15.5. The maximum atomic E-state index is 13.0. The van der Waals surface area contributed by atoms with Crippen molar-refractivity contribution in [3.63, 3.8) is 0 Å². The highest BCUT2D eigenvalue weighted by molar-refractivity contribution is 7.99. The lowest BCUT2D eigenvalue weighted by molar-refractivity contribution is -0.134. The van der Waals surface area contributed by atoms with Crippen LogP contribution in [0, 0.1) is 5.82 Å². The van der Waals surface area contributed by atoms with Gasteiger partial charge in [-0.05, 0) is 37.1 Å². The Morgan fingerprint density at radius 3 is 2.45 bits per heavy atom. The Morgan fingerprint density at radius 2 is 1.77 bits per heavy atom. The number of halogens is 1. The Bertz CT molecular complexity index is 558. The number of amides is 2. The second kappa shape index (κ2) is 6.69. The second-order valence-corrected chi connectivity index (χ2v) is 6.83. The summed E-state index contributed by atoms with van der Waals surface area (Å²) < 4.78 is 13.0. The highest BCUT2D eigenvalue weighted by Gasteiger charge is 2.37. The fourth-order valence-corrected chi connectivity index (χ4v) is 3.92. The van der Waals surface area contributed by atoms with Gasteiger partial charge < -0.3 is 9.80 Å². The van der Waals surface area contributed by atoms with E-state index in [1.165, 1.54) is 24.3 Å². The summed E-state index contributed by atoms with van der Waals surface area (Å²) in [5.41, 5.74) is 0.440. The van der Waals surface area contributed by atoms with Gasteiger partial charge in [-0.2, -0.15) is 11.8 Å². The van der Waals surface area contributed by atoms with Crippen LogP contribution in [0.15, 0.2) is 24.3 Å². The number of benzene rings is 1. The second-order valence-electron chi connectivity index (χ2n) is 5.60. The minimum atomic E-state index is -0.364. The largest absolute Gasteiger partial charge is 0.339 e. The molecule has 118 valence electrons. The monoisotopic (exact) mass is 322 g/mol. The molecule has 0 spiro atoms. The van der Waals surface area contributed by atoms with E-state index in [-0.39, 0.29) is 23.7 Å². The van der Waals surface area contributed by atoms with Gasteiger partial charge in [0.2, 0.25) is 5.91 Å². The van der Waals surface area contributed by atoms with Gasteiger partial charge in [-0.1, -0.05) is 0 Å². The molecule has 0 N–H and O–H groups in total. The first-order valence-electron chi connectivity index (χ1n) is 7.60. The Labute approximate surface area is 133 Å². The van der Waals surface area contributed by atoms with Crippen molar-refractivity contribution in [2.45, 2.75) is 18.9 Å². The molecule has 2 heterocycles. The fraction of sp³-hybridized carbons (Fsp3) is 0.500. The number of hydrogen-bond donors (Lipinski definition) is 0. The van der Waals surface area contributed by atoms with Crippen molar-refractivity contribution in [2.75, 3.05) is 31.1 Å². The van der Waals surface area contributed by atoms with E-state index in [1.807, 2.05) is 16.7 Å². The van der Waals surface area contributed by atoms with Crippen LogP contribution in [0.5, 0.6) is 0 Å². The average molecular weight is 322 g/mol. The molecule has 2 aliphatic heterocycles. The molecule has 0 aromatic heterocycles. The molecule has 1 aromatic rings. The van der Waals surface area contributed by atoms with E-state index < -0.39 is 0 Å². The minimum absolute atomic E-state index is 0.0632. The number of rotatable bonds is 2. The number of hydrogen-bond acceptors (Lipinski definition) is 3. The van der Waals surface area contributed by atoms with Crippen LogP contribution >= 0.6 is 11.8 Å². The quantitative estimate of drug-likeness (QED) is 0.836. The summed E-state index contributed by atoms with van der Waals surface area (Å²) in [4.78, 5) is 28.8. The molecule has 0 bridgehead atoms. The Morgan fingerprint density at radius 1 is 1.09 bits per heavy atom. The zero-order valence-corrected chi connectivity index (χ0v) is 13.2. The number of likely N-dealkylation sites (tertiary alicyclic amines) is 1. The number of thioether (sulfide) groups is 1. The van der Waals surface area contributed by atoms with Gasteiger partial charge in [-0.25, -0.2) is 4.39 Å². The van der Waals surface area contributed by atoms with Gasteiger partial charge in [0.1, 0.15) is 11.9 Å². The van der Waals surface area contributed by atoms with Gasteiger partial charge in [-0.3, -0.25) is 9.59 Å². The first-order valence-corrected chi connectivity index (χ1v) is 8.75. The van der Waals surface area contributed by atoms with Crippen LogP contribution in [0.3, 0.4) is 0 Å². The van der Waals surface area contributed by atoms with Crippen molar-refractivity contribution in [2.24, 2.45) is 0 Å². The van der Waals surface area contributed by atoms with E-state index in [0.29, 0.717) is 12.1 Å². The SMILES string of the molecule is O=C([C@@H]1CCCN1C(=O)c1ccc(F)cc1)N1CCSCC1. The van der Waals surface area contributed by atoms with Gasteiger partial charge in [0.25, 0.3) is 5.91 Å². The van der Waals surface area contributed by atoms with Crippen LogP contribution in [0.25, 0.3) is 0 Å². The van der Waals surface area contributed by atoms with Crippen molar-refractivity contribution >= 4 is 23.6 Å². The van der Waals surface area contributed by atoms with Crippen molar-refractivity contribution in [3.8, 4) is 0 Å².